The van der Waals surface area contributed by atoms with Gasteiger partial charge in [0.15, 0.2) is 0 Å². The zero-order valence-corrected chi connectivity index (χ0v) is 41.5. The van der Waals surface area contributed by atoms with Gasteiger partial charge in [0.1, 0.15) is 24.8 Å². The molecule has 1 unspecified atom stereocenters. The molecular formula is C49H59BrN11O5P. The number of hydrogen-bond donors (Lipinski definition) is 3. The molecular weight excluding hydrogens is 933 g/mol. The average molecular weight is 993 g/mol. The van der Waals surface area contributed by atoms with Crippen LogP contribution >= 0.6 is 23.1 Å². The van der Waals surface area contributed by atoms with Gasteiger partial charge in [0.2, 0.25) is 17.8 Å². The number of pyridine rings is 1. The Bertz CT molecular complexity index is 2990. The Balaban J connectivity index is 0.813. The number of amides is 2. The van der Waals surface area contributed by atoms with Crippen molar-refractivity contribution in [3.8, 4) is 5.75 Å². The number of aromatic nitrogens is 5. The summed E-state index contributed by atoms with van der Waals surface area (Å²) in [7, 11) is 0.682. The van der Waals surface area contributed by atoms with E-state index in [9.17, 15) is 18.9 Å². The van der Waals surface area contributed by atoms with E-state index in [1.807, 2.05) is 43.3 Å². The van der Waals surface area contributed by atoms with Crippen LogP contribution in [0.2, 0.25) is 0 Å². The second kappa shape index (κ2) is 19.2. The number of piperazine rings is 1. The highest BCUT2D eigenvalue weighted by atomic mass is 79.9. The molecule has 0 spiro atoms. The molecule has 3 aliphatic rings. The number of aryl methyl sites for hydroxylation is 3. The van der Waals surface area contributed by atoms with Crippen molar-refractivity contribution in [2.75, 3.05) is 81.8 Å². The molecule has 352 valence electrons. The molecule has 3 aromatic carbocycles. The first-order chi connectivity index (χ1) is 32.2. The number of fused-ring (bicyclic) bond motifs is 2. The summed E-state index contributed by atoms with van der Waals surface area (Å²) in [5.41, 5.74) is 7.97. The monoisotopic (exact) mass is 991 g/mol. The third-order valence-corrected chi connectivity index (χ3v) is 15.8. The van der Waals surface area contributed by atoms with Crippen LogP contribution in [0.5, 0.6) is 5.75 Å². The van der Waals surface area contributed by atoms with Crippen molar-refractivity contribution in [3.05, 3.63) is 92.6 Å². The number of nitrogens with one attached hydrogen (secondary N) is 3. The molecule has 3 fully saturated rings. The van der Waals surface area contributed by atoms with E-state index < -0.39 is 19.1 Å². The summed E-state index contributed by atoms with van der Waals surface area (Å²) < 4.78 is 23.5. The predicted molar refractivity (Wildman–Crippen MR) is 270 cm³/mol. The first kappa shape index (κ1) is 46.5. The van der Waals surface area contributed by atoms with Gasteiger partial charge in [-0.25, -0.2) is 9.78 Å². The number of imidazole rings is 1. The molecule has 0 saturated carbocycles. The zero-order chi connectivity index (χ0) is 47.1. The number of nitrogens with zero attached hydrogens (tertiary/aromatic N) is 8. The number of imide groups is 1. The summed E-state index contributed by atoms with van der Waals surface area (Å²) in [6.07, 6.45) is 6.09. The number of hydrogen-bond acceptors (Lipinski definition) is 13. The fourth-order valence-electron chi connectivity index (χ4n) is 10.1. The average Bonchev–Trinajstić information content (AvgIpc) is 3.56. The lowest BCUT2D eigenvalue weighted by Crippen LogP contribution is -2.53. The number of methoxy groups -OCH3 is 1. The lowest BCUT2D eigenvalue weighted by molar-refractivity contribution is -0.135. The van der Waals surface area contributed by atoms with Gasteiger partial charge in [-0.1, -0.05) is 19.1 Å². The first-order valence-electron chi connectivity index (χ1n) is 23.2. The normalized spacial score (nSPS) is 17.9. The van der Waals surface area contributed by atoms with Gasteiger partial charge in [-0.3, -0.25) is 33.9 Å². The van der Waals surface area contributed by atoms with Crippen LogP contribution in [-0.4, -0.2) is 118 Å². The third-order valence-electron chi connectivity index (χ3n) is 13.7. The minimum atomic E-state index is -2.73. The smallest absolute Gasteiger partial charge is 0.329 e. The summed E-state index contributed by atoms with van der Waals surface area (Å²) in [5.74, 6) is 0.919. The van der Waals surface area contributed by atoms with Crippen LogP contribution in [0.15, 0.2) is 70.1 Å². The third kappa shape index (κ3) is 9.61. The molecule has 0 radical (unpaired) electrons. The highest BCUT2D eigenvalue weighted by molar-refractivity contribution is 9.10. The molecule has 9 rings (SSSR count). The molecule has 67 heavy (non-hydrogen) atoms. The van der Waals surface area contributed by atoms with Crippen molar-refractivity contribution >= 4 is 91.0 Å². The van der Waals surface area contributed by atoms with E-state index in [0.717, 1.165) is 116 Å². The molecule has 18 heteroatoms. The maximum absolute atomic E-state index is 13.7. The molecule has 6 aromatic rings. The van der Waals surface area contributed by atoms with Crippen LogP contribution in [0.25, 0.3) is 21.9 Å². The maximum Gasteiger partial charge on any atom is 0.329 e. The summed E-state index contributed by atoms with van der Waals surface area (Å²) >= 11 is 3.63. The number of carbonyl (C=O) groups is 2. The number of carbonyl (C=O) groups excluding carboxylic acids is 2. The highest BCUT2D eigenvalue weighted by Crippen LogP contribution is 2.42. The summed E-state index contributed by atoms with van der Waals surface area (Å²) in [6, 6.07) is 18.0. The second-order valence-corrected chi connectivity index (χ2v) is 22.4. The topological polar surface area (TPSA) is 172 Å². The van der Waals surface area contributed by atoms with Crippen molar-refractivity contribution in [1.82, 2.24) is 39.2 Å². The largest absolute Gasteiger partial charge is 0.494 e. The van der Waals surface area contributed by atoms with Crippen molar-refractivity contribution < 1.29 is 18.9 Å². The Labute approximate surface area is 399 Å². The van der Waals surface area contributed by atoms with E-state index in [2.05, 4.69) is 81.7 Å². The van der Waals surface area contributed by atoms with Gasteiger partial charge < -0.3 is 29.7 Å². The fraction of sp³-hybridized carbons (Fsp3) is 0.429. The molecule has 0 aliphatic carbocycles. The number of ether oxygens (including phenoxy) is 1. The van der Waals surface area contributed by atoms with Crippen LogP contribution in [0, 0.1) is 6.92 Å². The van der Waals surface area contributed by atoms with Gasteiger partial charge in [0, 0.05) is 99.7 Å². The van der Waals surface area contributed by atoms with Crippen molar-refractivity contribution in [3.63, 3.8) is 0 Å². The van der Waals surface area contributed by atoms with Gasteiger partial charge >= 0.3 is 5.69 Å². The zero-order valence-electron chi connectivity index (χ0n) is 39.1. The van der Waals surface area contributed by atoms with Gasteiger partial charge in [-0.15, -0.1) is 0 Å². The number of benzene rings is 3. The Morgan fingerprint density at radius 2 is 1.67 bits per heavy atom. The van der Waals surface area contributed by atoms with E-state index in [0.29, 0.717) is 40.1 Å². The summed E-state index contributed by atoms with van der Waals surface area (Å²) in [6.45, 7) is 14.6. The molecule has 16 nitrogen and oxygen atoms in total. The molecule has 3 aromatic heterocycles. The van der Waals surface area contributed by atoms with E-state index in [4.69, 9.17) is 9.72 Å². The number of halogens is 1. The molecule has 6 heterocycles. The Kier molecular flexibility index (Phi) is 13.3. The molecule has 3 saturated heterocycles. The van der Waals surface area contributed by atoms with Crippen molar-refractivity contribution in [2.24, 2.45) is 7.05 Å². The van der Waals surface area contributed by atoms with Crippen LogP contribution in [-0.2, 0) is 34.0 Å². The number of anilines is 5. The van der Waals surface area contributed by atoms with E-state index in [1.165, 1.54) is 11.3 Å². The Hall–Kier alpha value is -5.61. The van der Waals surface area contributed by atoms with Gasteiger partial charge in [-0.2, -0.15) is 4.98 Å². The Morgan fingerprint density at radius 3 is 2.39 bits per heavy atom. The van der Waals surface area contributed by atoms with Crippen molar-refractivity contribution in [1.29, 1.82) is 0 Å². The van der Waals surface area contributed by atoms with Crippen molar-refractivity contribution in [2.45, 2.75) is 64.5 Å². The quantitative estimate of drug-likeness (QED) is 0.0811. The molecule has 2 amide bonds. The molecule has 3 N–H and O–H groups in total. The SMILES string of the molecule is CCc1cc(Nc2ncc(Br)c(Nc3ccc4nc(C)ccc4c3P(C)(C)=O)n2)c(OC)cc1N1CCC(N2CCN(CCc3ccc4c(c3)n(C3CCC(=O)NC3=O)c(=O)n4C)CC2)CC1. The fourth-order valence-corrected chi connectivity index (χ4v) is 11.9. The highest BCUT2D eigenvalue weighted by Gasteiger charge is 2.32. The Morgan fingerprint density at radius 1 is 0.896 bits per heavy atom. The van der Waals surface area contributed by atoms with Gasteiger partial charge in [0.05, 0.1) is 39.5 Å². The lowest BCUT2D eigenvalue weighted by Gasteiger charge is -2.43. The van der Waals surface area contributed by atoms with E-state index >= 15 is 0 Å². The van der Waals surface area contributed by atoms with E-state index in [1.54, 1.807) is 42.8 Å². The van der Waals surface area contributed by atoms with E-state index in [-0.39, 0.29) is 18.0 Å². The van der Waals surface area contributed by atoms with Crippen LogP contribution in [0.4, 0.5) is 28.8 Å². The minimum Gasteiger partial charge on any atom is -0.494 e. The van der Waals surface area contributed by atoms with Crippen LogP contribution in [0.3, 0.4) is 0 Å². The maximum atomic E-state index is 13.7. The van der Waals surface area contributed by atoms with Crippen LogP contribution in [0.1, 0.15) is 55.5 Å². The standard InChI is InChI=1S/C49H59BrN11O5P/c1-7-32-27-38(54-48-51-29-35(50)46(56-48)53-37-12-11-36-34(10-8-30(2)52-36)45(37)67(5,6)65)43(66-4)28-41(32)60-20-17-33(18-21-60)59-24-22-58(23-25-59)19-16-31-9-13-39-42(26-31)61(49(64)57(39)3)40-14-15-44(62)55-47(40)63/h8-13,26-29,33,40H,7,14-25H2,1-6H3,(H,55,62,63)(H2,51,53,54,56). The summed E-state index contributed by atoms with van der Waals surface area (Å²) in [5, 5.41) is 10.8. The molecule has 1 atom stereocenters. The molecule has 3 aliphatic heterocycles. The minimum absolute atomic E-state index is 0.219. The molecule has 0 bridgehead atoms. The lowest BCUT2D eigenvalue weighted by atomic mass is 9.99. The predicted octanol–water partition coefficient (Wildman–Crippen LogP) is 6.86. The second-order valence-electron chi connectivity index (χ2n) is 18.4. The van der Waals surface area contributed by atoms with Gasteiger partial charge in [0.25, 0.3) is 0 Å². The first-order valence-corrected chi connectivity index (χ1v) is 26.6. The number of piperidine rings is 2. The van der Waals surface area contributed by atoms with Crippen LogP contribution < -0.4 is 36.6 Å². The summed E-state index contributed by atoms with van der Waals surface area (Å²) in [4.78, 5) is 59.6. The van der Waals surface area contributed by atoms with Gasteiger partial charge in [-0.05, 0) is 116 Å². The number of rotatable bonds is 13.